The number of nitrogens with one attached hydrogen (secondary N) is 1. The van der Waals surface area contributed by atoms with Crippen molar-refractivity contribution in [3.63, 3.8) is 0 Å². The van der Waals surface area contributed by atoms with Crippen LogP contribution in [0.4, 0.5) is 5.69 Å². The highest BCUT2D eigenvalue weighted by molar-refractivity contribution is 6.31. The van der Waals surface area contributed by atoms with Gasteiger partial charge in [0.25, 0.3) is 5.91 Å². The van der Waals surface area contributed by atoms with Gasteiger partial charge < -0.3 is 10.4 Å². The Hall–Kier alpha value is -2.34. The van der Waals surface area contributed by atoms with E-state index in [2.05, 4.69) is 10.4 Å². The molecule has 19 heavy (non-hydrogen) atoms. The molecule has 0 aliphatic rings. The summed E-state index contributed by atoms with van der Waals surface area (Å²) in [5.41, 5.74) is 0.177. The molecule has 7 heteroatoms. The van der Waals surface area contributed by atoms with Crippen LogP contribution < -0.4 is 5.32 Å². The molecule has 1 aromatic heterocycles. The molecule has 0 aliphatic heterocycles. The van der Waals surface area contributed by atoms with Crippen LogP contribution in [0.3, 0.4) is 0 Å². The van der Waals surface area contributed by atoms with Gasteiger partial charge in [-0.1, -0.05) is 17.7 Å². The Morgan fingerprint density at radius 1 is 1.42 bits per heavy atom. The number of carboxylic acid groups (broad SMARTS) is 1. The molecule has 2 rings (SSSR count). The average molecular weight is 280 g/mol. The van der Waals surface area contributed by atoms with Crippen LogP contribution in [0.2, 0.25) is 5.02 Å². The fourth-order valence-corrected chi connectivity index (χ4v) is 1.76. The van der Waals surface area contributed by atoms with Crippen molar-refractivity contribution >= 4 is 29.2 Å². The molecule has 98 valence electrons. The molecule has 1 heterocycles. The van der Waals surface area contributed by atoms with Gasteiger partial charge >= 0.3 is 5.97 Å². The van der Waals surface area contributed by atoms with Crippen molar-refractivity contribution in [2.24, 2.45) is 7.05 Å². The zero-order valence-corrected chi connectivity index (χ0v) is 10.7. The Bertz CT molecular complexity index is 651. The Morgan fingerprint density at radius 2 is 2.16 bits per heavy atom. The molecule has 0 bridgehead atoms. The molecular weight excluding hydrogens is 270 g/mol. The average Bonchev–Trinajstić information content (AvgIpc) is 2.71. The van der Waals surface area contributed by atoms with Crippen LogP contribution in [-0.4, -0.2) is 26.8 Å². The molecule has 0 aliphatic carbocycles. The quantitative estimate of drug-likeness (QED) is 0.900. The molecule has 0 radical (unpaired) electrons. The molecule has 0 saturated heterocycles. The van der Waals surface area contributed by atoms with Gasteiger partial charge in [0.2, 0.25) is 0 Å². The Kier molecular flexibility index (Phi) is 3.52. The summed E-state index contributed by atoms with van der Waals surface area (Å²) in [6, 6.07) is 6.55. The number of aromatic carboxylic acids is 1. The molecule has 0 saturated carbocycles. The monoisotopic (exact) mass is 279 g/mol. The fourth-order valence-electron chi connectivity index (χ4n) is 1.57. The first-order valence-corrected chi connectivity index (χ1v) is 5.69. The maximum absolute atomic E-state index is 12.0. The number of hydrogen-bond donors (Lipinski definition) is 2. The summed E-state index contributed by atoms with van der Waals surface area (Å²) in [6.45, 7) is 0. The number of anilines is 1. The number of carbonyl (C=O) groups excluding carboxylic acids is 1. The number of carboxylic acids is 1. The van der Waals surface area contributed by atoms with Gasteiger partial charge in [-0.25, -0.2) is 4.79 Å². The second kappa shape index (κ2) is 5.11. The number of benzene rings is 1. The number of aromatic nitrogens is 2. The van der Waals surface area contributed by atoms with Gasteiger partial charge in [0, 0.05) is 24.0 Å². The zero-order valence-electron chi connectivity index (χ0n) is 9.92. The molecule has 0 spiro atoms. The molecule has 1 amide bonds. The van der Waals surface area contributed by atoms with E-state index in [9.17, 15) is 9.59 Å². The number of nitrogens with zero attached hydrogens (tertiary/aromatic N) is 2. The Balaban J connectivity index is 2.28. The number of carbonyl (C=O) groups is 2. The fraction of sp³-hybridized carbons (Fsp3) is 0.0833. The first-order chi connectivity index (χ1) is 8.97. The van der Waals surface area contributed by atoms with E-state index in [0.29, 0.717) is 10.7 Å². The number of hydrogen-bond acceptors (Lipinski definition) is 3. The lowest BCUT2D eigenvalue weighted by Gasteiger charge is -2.04. The Morgan fingerprint density at radius 3 is 2.79 bits per heavy atom. The van der Waals surface area contributed by atoms with E-state index in [4.69, 9.17) is 16.7 Å². The number of aryl methyl sites for hydroxylation is 1. The third kappa shape index (κ3) is 2.92. The van der Waals surface area contributed by atoms with Crippen LogP contribution in [0, 0.1) is 0 Å². The van der Waals surface area contributed by atoms with Crippen molar-refractivity contribution in [2.75, 3.05) is 5.32 Å². The van der Waals surface area contributed by atoms with Gasteiger partial charge in [0.05, 0.1) is 0 Å². The molecule has 6 nitrogen and oxygen atoms in total. The minimum absolute atomic E-state index is 0.144. The largest absolute Gasteiger partial charge is 0.478 e. The van der Waals surface area contributed by atoms with E-state index in [1.807, 2.05) is 0 Å². The van der Waals surface area contributed by atoms with E-state index in [1.165, 1.54) is 10.9 Å². The van der Waals surface area contributed by atoms with E-state index in [-0.39, 0.29) is 11.3 Å². The van der Waals surface area contributed by atoms with Crippen LogP contribution in [0.1, 0.15) is 20.8 Å². The summed E-state index contributed by atoms with van der Waals surface area (Å²) in [5, 5.41) is 15.8. The molecule has 0 atom stereocenters. The lowest BCUT2D eigenvalue weighted by Crippen LogP contribution is -2.16. The summed E-state index contributed by atoms with van der Waals surface area (Å²) >= 11 is 5.79. The van der Waals surface area contributed by atoms with Crippen LogP contribution in [0.15, 0.2) is 30.5 Å². The van der Waals surface area contributed by atoms with E-state index in [1.54, 1.807) is 31.3 Å². The smallest absolute Gasteiger partial charge is 0.339 e. The maximum Gasteiger partial charge on any atom is 0.339 e. The van der Waals surface area contributed by atoms with Gasteiger partial charge in [0.1, 0.15) is 5.56 Å². The summed E-state index contributed by atoms with van der Waals surface area (Å²) in [4.78, 5) is 23.0. The van der Waals surface area contributed by atoms with Gasteiger partial charge in [-0.2, -0.15) is 5.10 Å². The first-order valence-electron chi connectivity index (χ1n) is 5.31. The molecular formula is C12H10ClN3O3. The van der Waals surface area contributed by atoms with Crippen molar-refractivity contribution in [3.05, 3.63) is 46.7 Å². The number of halogens is 1. The lowest BCUT2D eigenvalue weighted by molar-refractivity contribution is 0.0692. The lowest BCUT2D eigenvalue weighted by atomic mass is 10.2. The predicted octanol–water partition coefficient (Wildman–Crippen LogP) is 2.02. The van der Waals surface area contributed by atoms with Gasteiger partial charge in [0.15, 0.2) is 5.69 Å². The normalized spacial score (nSPS) is 10.2. The maximum atomic E-state index is 12.0. The van der Waals surface area contributed by atoms with Crippen LogP contribution in [0.5, 0.6) is 0 Å². The summed E-state index contributed by atoms with van der Waals surface area (Å²) < 4.78 is 1.27. The van der Waals surface area contributed by atoms with Crippen molar-refractivity contribution in [1.82, 2.24) is 9.78 Å². The molecule has 2 N–H and O–H groups in total. The van der Waals surface area contributed by atoms with E-state index >= 15 is 0 Å². The zero-order chi connectivity index (χ0) is 14.0. The third-order valence-corrected chi connectivity index (χ3v) is 2.59. The SMILES string of the molecule is Cn1cc(C(=O)O)c(C(=O)Nc2cccc(Cl)c2)n1. The summed E-state index contributed by atoms with van der Waals surface area (Å²) in [5.74, 6) is -1.80. The first kappa shape index (κ1) is 13.1. The van der Waals surface area contributed by atoms with E-state index < -0.39 is 11.9 Å². The van der Waals surface area contributed by atoms with Crippen LogP contribution >= 0.6 is 11.6 Å². The van der Waals surface area contributed by atoms with Crippen molar-refractivity contribution in [2.45, 2.75) is 0 Å². The second-order valence-corrected chi connectivity index (χ2v) is 4.27. The van der Waals surface area contributed by atoms with Crippen LogP contribution in [-0.2, 0) is 7.05 Å². The van der Waals surface area contributed by atoms with Gasteiger partial charge in [-0.15, -0.1) is 0 Å². The summed E-state index contributed by atoms with van der Waals surface area (Å²) in [6.07, 6.45) is 1.27. The minimum atomic E-state index is -1.20. The number of rotatable bonds is 3. The highest BCUT2D eigenvalue weighted by Crippen LogP contribution is 2.16. The van der Waals surface area contributed by atoms with Crippen molar-refractivity contribution in [3.8, 4) is 0 Å². The highest BCUT2D eigenvalue weighted by atomic mass is 35.5. The molecule has 1 aromatic carbocycles. The Labute approximate surface area is 113 Å². The molecule has 0 fully saturated rings. The molecule has 0 unspecified atom stereocenters. The summed E-state index contributed by atoms with van der Waals surface area (Å²) in [7, 11) is 1.54. The topological polar surface area (TPSA) is 84.2 Å². The van der Waals surface area contributed by atoms with Gasteiger partial charge in [-0.3, -0.25) is 9.48 Å². The predicted molar refractivity (Wildman–Crippen MR) is 69.6 cm³/mol. The standard InChI is InChI=1S/C12H10ClN3O3/c1-16-6-9(12(18)19)10(15-16)11(17)14-8-4-2-3-7(13)5-8/h2-6H,1H3,(H,14,17)(H,18,19). The van der Waals surface area contributed by atoms with Crippen molar-refractivity contribution in [1.29, 1.82) is 0 Å². The second-order valence-electron chi connectivity index (χ2n) is 3.83. The van der Waals surface area contributed by atoms with Crippen molar-refractivity contribution < 1.29 is 14.7 Å². The van der Waals surface area contributed by atoms with E-state index in [0.717, 1.165) is 0 Å². The molecule has 2 aromatic rings. The van der Waals surface area contributed by atoms with Gasteiger partial charge in [-0.05, 0) is 18.2 Å². The van der Waals surface area contributed by atoms with Crippen LogP contribution in [0.25, 0.3) is 0 Å². The number of amides is 1. The third-order valence-electron chi connectivity index (χ3n) is 2.36. The highest BCUT2D eigenvalue weighted by Gasteiger charge is 2.21. The minimum Gasteiger partial charge on any atom is -0.478 e.